The van der Waals surface area contributed by atoms with Crippen LogP contribution in [0.3, 0.4) is 0 Å². The van der Waals surface area contributed by atoms with E-state index in [0.29, 0.717) is 30.6 Å². The van der Waals surface area contributed by atoms with Crippen molar-refractivity contribution in [3.63, 3.8) is 0 Å². The first-order valence-electron chi connectivity index (χ1n) is 15.9. The molecule has 11 nitrogen and oxygen atoms in total. The molecule has 0 aromatic rings. The van der Waals surface area contributed by atoms with Crippen LogP contribution in [0.4, 0.5) is 0 Å². The van der Waals surface area contributed by atoms with Crippen LogP contribution in [0, 0.1) is 35.5 Å². The minimum absolute atomic E-state index is 0.258. The molecule has 1 saturated heterocycles. The lowest BCUT2D eigenvalue weighted by Crippen LogP contribution is -2.48. The number of fused-ring (bicyclic) bond motifs is 1. The van der Waals surface area contributed by atoms with Crippen LogP contribution in [0.2, 0.25) is 0 Å². The van der Waals surface area contributed by atoms with Gasteiger partial charge in [0.25, 0.3) is 0 Å². The summed E-state index contributed by atoms with van der Waals surface area (Å²) < 4.78 is 35.1. The summed E-state index contributed by atoms with van der Waals surface area (Å²) in [6, 6.07) is 0. The first kappa shape index (κ1) is 36.3. The summed E-state index contributed by atoms with van der Waals surface area (Å²) in [5.41, 5.74) is 0.416. The number of rotatable bonds is 12. The molecule has 11 heteroatoms. The Bertz CT molecular complexity index is 1200. The summed E-state index contributed by atoms with van der Waals surface area (Å²) in [7, 11) is 0. The van der Waals surface area contributed by atoms with Crippen molar-refractivity contribution < 1.29 is 52.4 Å². The van der Waals surface area contributed by atoms with E-state index in [1.54, 1.807) is 41.5 Å². The third-order valence-electron chi connectivity index (χ3n) is 9.55. The SMILES string of the molecule is C=C1[C@H]2[C@@H](OC(=O)[C@H](C)CC)[C@H](OC(=O)C(C)C)[C@@H]([C@H](C)OC(C)=O)[C@@H]2[C@@H]([C@]2(C)CO2)C[C@@H]1OC(=O)/C=C(\C)[C@H](C)OC(C)=O. The van der Waals surface area contributed by atoms with E-state index in [0.717, 1.165) is 0 Å². The van der Waals surface area contributed by atoms with E-state index in [1.807, 2.05) is 13.8 Å². The Morgan fingerprint density at radius 1 is 0.933 bits per heavy atom. The standard InChI is InChI=1S/C34H50O11/c1-12-17(4)33(39)45-30-27-19(6)25(43-26(37)13-18(5)20(7)41-22(9)35)14-24(34(11)15-40-34)29(27)28(21(8)42-23(10)36)31(30)44-32(38)16(2)3/h13,16-17,20-21,24-25,27-31H,6,12,14-15H2,1-5,7-11H3/b18-13+/t17-,20+,21+,24+,25+,27-,28+,29-,30-,31-,34+/m1/s1. The lowest BCUT2D eigenvalue weighted by molar-refractivity contribution is -0.178. The highest BCUT2D eigenvalue weighted by Crippen LogP contribution is 2.60. The second kappa shape index (κ2) is 14.5. The van der Waals surface area contributed by atoms with Crippen molar-refractivity contribution in [2.45, 2.75) is 118 Å². The third-order valence-corrected chi connectivity index (χ3v) is 9.55. The van der Waals surface area contributed by atoms with E-state index in [-0.39, 0.29) is 11.8 Å². The molecule has 11 atom stereocenters. The Hall–Kier alpha value is -3.21. The van der Waals surface area contributed by atoms with E-state index in [4.69, 9.17) is 28.4 Å². The van der Waals surface area contributed by atoms with E-state index < -0.39 is 89.6 Å². The molecule has 0 N–H and O–H groups in total. The first-order valence-corrected chi connectivity index (χ1v) is 15.9. The summed E-state index contributed by atoms with van der Waals surface area (Å²) in [6.45, 7) is 21.5. The van der Waals surface area contributed by atoms with Gasteiger partial charge in [-0.05, 0) is 63.5 Å². The molecule has 3 rings (SSSR count). The van der Waals surface area contributed by atoms with Gasteiger partial charge in [0.05, 0.1) is 24.0 Å². The summed E-state index contributed by atoms with van der Waals surface area (Å²) in [5, 5.41) is 0. The van der Waals surface area contributed by atoms with Crippen molar-refractivity contribution in [3.8, 4) is 0 Å². The van der Waals surface area contributed by atoms with Gasteiger partial charge in [0.15, 0.2) is 0 Å². The van der Waals surface area contributed by atoms with Gasteiger partial charge >= 0.3 is 29.8 Å². The molecule has 2 saturated carbocycles. The monoisotopic (exact) mass is 634 g/mol. The zero-order valence-corrected chi connectivity index (χ0v) is 28.2. The molecular formula is C34H50O11. The molecule has 0 bridgehead atoms. The topological polar surface area (TPSA) is 144 Å². The van der Waals surface area contributed by atoms with Gasteiger partial charge in [0.1, 0.15) is 30.5 Å². The van der Waals surface area contributed by atoms with E-state index in [9.17, 15) is 24.0 Å². The summed E-state index contributed by atoms with van der Waals surface area (Å²) in [6.07, 6.45) is -1.89. The van der Waals surface area contributed by atoms with Gasteiger partial charge in [-0.25, -0.2) is 4.79 Å². The Balaban J connectivity index is 2.10. The van der Waals surface area contributed by atoms with Gasteiger partial charge in [0, 0.05) is 31.8 Å². The van der Waals surface area contributed by atoms with E-state index >= 15 is 0 Å². The van der Waals surface area contributed by atoms with Crippen LogP contribution in [0.1, 0.15) is 82.1 Å². The molecule has 0 spiro atoms. The number of esters is 5. The zero-order chi connectivity index (χ0) is 34.0. The van der Waals surface area contributed by atoms with Crippen LogP contribution in [0.25, 0.3) is 0 Å². The maximum atomic E-state index is 13.3. The Labute approximate surface area is 266 Å². The molecule has 3 fully saturated rings. The van der Waals surface area contributed by atoms with Crippen molar-refractivity contribution in [1.29, 1.82) is 0 Å². The lowest BCUT2D eigenvalue weighted by atomic mass is 9.62. The van der Waals surface area contributed by atoms with Crippen LogP contribution in [-0.4, -0.2) is 72.6 Å². The first-order chi connectivity index (χ1) is 20.9. The van der Waals surface area contributed by atoms with Crippen molar-refractivity contribution in [1.82, 2.24) is 0 Å². The highest BCUT2D eigenvalue weighted by Gasteiger charge is 2.67. The van der Waals surface area contributed by atoms with Crippen LogP contribution < -0.4 is 0 Å². The van der Waals surface area contributed by atoms with Gasteiger partial charge in [-0.2, -0.15) is 0 Å². The normalized spacial score (nSPS) is 32.9. The predicted molar refractivity (Wildman–Crippen MR) is 162 cm³/mol. The second-order valence-corrected chi connectivity index (χ2v) is 13.3. The number of hydrogen-bond donors (Lipinski definition) is 0. The van der Waals surface area contributed by atoms with E-state index in [2.05, 4.69) is 6.58 Å². The average Bonchev–Trinajstić information content (AvgIpc) is 3.61. The highest BCUT2D eigenvalue weighted by molar-refractivity contribution is 5.83. The number of ether oxygens (including phenoxy) is 6. The molecule has 0 amide bonds. The second-order valence-electron chi connectivity index (χ2n) is 13.3. The summed E-state index contributed by atoms with van der Waals surface area (Å²) >= 11 is 0. The van der Waals surface area contributed by atoms with Gasteiger partial charge < -0.3 is 28.4 Å². The maximum absolute atomic E-state index is 13.3. The number of epoxide rings is 1. The van der Waals surface area contributed by atoms with Crippen molar-refractivity contribution >= 4 is 29.8 Å². The summed E-state index contributed by atoms with van der Waals surface area (Å²) in [4.78, 5) is 63.1. The van der Waals surface area contributed by atoms with Gasteiger partial charge in [-0.15, -0.1) is 0 Å². The molecule has 0 unspecified atom stereocenters. The minimum atomic E-state index is -0.970. The van der Waals surface area contributed by atoms with Crippen molar-refractivity contribution in [3.05, 3.63) is 23.8 Å². The summed E-state index contributed by atoms with van der Waals surface area (Å²) in [5.74, 6) is -5.22. The molecule has 252 valence electrons. The fourth-order valence-electron chi connectivity index (χ4n) is 6.65. The quantitative estimate of drug-likeness (QED) is 0.0984. The maximum Gasteiger partial charge on any atom is 0.331 e. The molecule has 3 aliphatic rings. The molecule has 1 heterocycles. The molecule has 0 aromatic carbocycles. The fourth-order valence-corrected chi connectivity index (χ4v) is 6.65. The van der Waals surface area contributed by atoms with Crippen LogP contribution >= 0.6 is 0 Å². The fraction of sp³-hybridized carbons (Fsp3) is 0.735. The minimum Gasteiger partial charge on any atom is -0.462 e. The van der Waals surface area contributed by atoms with Crippen LogP contribution in [-0.2, 0) is 52.4 Å². The molecule has 0 aromatic heterocycles. The highest BCUT2D eigenvalue weighted by atomic mass is 16.6. The largest absolute Gasteiger partial charge is 0.462 e. The van der Waals surface area contributed by atoms with Gasteiger partial charge in [-0.3, -0.25) is 19.2 Å². The Morgan fingerprint density at radius 3 is 2.02 bits per heavy atom. The van der Waals surface area contributed by atoms with Crippen LogP contribution in [0.5, 0.6) is 0 Å². The van der Waals surface area contributed by atoms with Crippen molar-refractivity contribution in [2.24, 2.45) is 35.5 Å². The van der Waals surface area contributed by atoms with Crippen LogP contribution in [0.15, 0.2) is 23.8 Å². The molecule has 0 radical (unpaired) electrons. The molecule has 2 aliphatic carbocycles. The Morgan fingerprint density at radius 2 is 1.51 bits per heavy atom. The molecule has 45 heavy (non-hydrogen) atoms. The van der Waals surface area contributed by atoms with Gasteiger partial charge in [-0.1, -0.05) is 34.3 Å². The lowest BCUT2D eigenvalue weighted by Gasteiger charge is -2.44. The number of carbonyl (C=O) groups is 5. The Kier molecular flexibility index (Phi) is 11.7. The smallest absolute Gasteiger partial charge is 0.331 e. The van der Waals surface area contributed by atoms with E-state index in [1.165, 1.54) is 19.9 Å². The average molecular weight is 635 g/mol. The number of hydrogen-bond acceptors (Lipinski definition) is 11. The molecular weight excluding hydrogens is 584 g/mol. The molecule has 1 aliphatic heterocycles. The predicted octanol–water partition coefficient (Wildman–Crippen LogP) is 4.50. The van der Waals surface area contributed by atoms with Crippen molar-refractivity contribution in [2.75, 3.05) is 6.61 Å². The third kappa shape index (κ3) is 8.34. The number of carbonyl (C=O) groups excluding carboxylic acids is 5. The zero-order valence-electron chi connectivity index (χ0n) is 28.2. The van der Waals surface area contributed by atoms with Gasteiger partial charge in [0.2, 0.25) is 0 Å².